The molecule has 0 radical (unpaired) electrons. The van der Waals surface area contributed by atoms with Gasteiger partial charge in [0.15, 0.2) is 0 Å². The molecule has 2 aromatic carbocycles. The Morgan fingerprint density at radius 2 is 1.71 bits per heavy atom. The summed E-state index contributed by atoms with van der Waals surface area (Å²) in [4.78, 5) is 30.6. The van der Waals surface area contributed by atoms with Crippen molar-refractivity contribution in [3.63, 3.8) is 0 Å². The number of hydrogen-bond acceptors (Lipinski definition) is 4. The molecule has 0 saturated carbocycles. The lowest BCUT2D eigenvalue weighted by Crippen LogP contribution is -2.48. The van der Waals surface area contributed by atoms with Crippen LogP contribution in [0.2, 0.25) is 0 Å². The number of H-pyrrole nitrogens is 1. The van der Waals surface area contributed by atoms with Gasteiger partial charge in [-0.25, -0.2) is 0 Å². The predicted octanol–water partition coefficient (Wildman–Crippen LogP) is 3.66. The maximum absolute atomic E-state index is 12.9. The first kappa shape index (κ1) is 18.0. The molecule has 7 heteroatoms. The van der Waals surface area contributed by atoms with Gasteiger partial charge in [0.05, 0.1) is 4.92 Å². The number of benzene rings is 2. The second-order valence-electron chi connectivity index (χ2n) is 7.28. The second kappa shape index (κ2) is 6.99. The molecule has 144 valence electrons. The fraction of sp³-hybridized carbons (Fsp3) is 0.286. The van der Waals surface area contributed by atoms with E-state index in [0.29, 0.717) is 31.9 Å². The number of rotatable bonds is 3. The number of piperazine rings is 1. The van der Waals surface area contributed by atoms with E-state index in [1.807, 2.05) is 17.9 Å². The normalized spacial score (nSPS) is 14.5. The minimum absolute atomic E-state index is 0.0107. The zero-order valence-corrected chi connectivity index (χ0v) is 15.9. The van der Waals surface area contributed by atoms with E-state index >= 15 is 0 Å². The SMILES string of the molecule is Cc1cc(C)c2cc(C(=O)N3CCN(c4ccc([N+](=O)[O-])cc4)CC3)[nH]c2c1. The smallest absolute Gasteiger partial charge is 0.270 e. The Balaban J connectivity index is 1.45. The number of carbonyl (C=O) groups excluding carboxylic acids is 1. The molecular weight excluding hydrogens is 356 g/mol. The number of nitro groups is 1. The molecule has 1 amide bonds. The highest BCUT2D eigenvalue weighted by Crippen LogP contribution is 2.24. The first-order valence-electron chi connectivity index (χ1n) is 9.31. The third-order valence-corrected chi connectivity index (χ3v) is 5.31. The number of nitrogens with zero attached hydrogens (tertiary/aromatic N) is 3. The number of non-ortho nitro benzene ring substituents is 1. The van der Waals surface area contributed by atoms with Crippen molar-refractivity contribution < 1.29 is 9.72 Å². The van der Waals surface area contributed by atoms with Crippen LogP contribution in [-0.2, 0) is 0 Å². The predicted molar refractivity (Wildman–Crippen MR) is 109 cm³/mol. The van der Waals surface area contributed by atoms with Crippen molar-refractivity contribution in [1.82, 2.24) is 9.88 Å². The van der Waals surface area contributed by atoms with Crippen molar-refractivity contribution in [1.29, 1.82) is 0 Å². The number of aromatic amines is 1. The summed E-state index contributed by atoms with van der Waals surface area (Å²) in [7, 11) is 0. The molecule has 0 spiro atoms. The molecule has 1 saturated heterocycles. The lowest BCUT2D eigenvalue weighted by molar-refractivity contribution is -0.384. The van der Waals surface area contributed by atoms with E-state index in [2.05, 4.69) is 28.9 Å². The number of hydrogen-bond donors (Lipinski definition) is 1. The van der Waals surface area contributed by atoms with Gasteiger partial charge in [-0.1, -0.05) is 6.07 Å². The van der Waals surface area contributed by atoms with Crippen LogP contribution < -0.4 is 4.90 Å². The molecular formula is C21H22N4O3. The van der Waals surface area contributed by atoms with Crippen LogP contribution in [0.4, 0.5) is 11.4 Å². The molecule has 0 aliphatic carbocycles. The largest absolute Gasteiger partial charge is 0.368 e. The summed E-state index contributed by atoms with van der Waals surface area (Å²) in [6.45, 7) is 6.73. The number of nitrogens with one attached hydrogen (secondary N) is 1. The van der Waals surface area contributed by atoms with Gasteiger partial charge >= 0.3 is 0 Å². The Hall–Kier alpha value is -3.35. The third kappa shape index (κ3) is 3.31. The van der Waals surface area contributed by atoms with E-state index in [-0.39, 0.29) is 11.6 Å². The van der Waals surface area contributed by atoms with Gasteiger partial charge in [-0.2, -0.15) is 0 Å². The molecule has 0 bridgehead atoms. The van der Waals surface area contributed by atoms with Crippen LogP contribution in [0.5, 0.6) is 0 Å². The third-order valence-electron chi connectivity index (χ3n) is 5.31. The summed E-state index contributed by atoms with van der Waals surface area (Å²) >= 11 is 0. The maximum atomic E-state index is 12.9. The first-order chi connectivity index (χ1) is 13.4. The van der Waals surface area contributed by atoms with Crippen LogP contribution in [0.3, 0.4) is 0 Å². The van der Waals surface area contributed by atoms with Gasteiger partial charge in [0, 0.05) is 54.9 Å². The van der Waals surface area contributed by atoms with Crippen LogP contribution in [0.15, 0.2) is 42.5 Å². The summed E-state index contributed by atoms with van der Waals surface area (Å²) < 4.78 is 0. The molecule has 1 aliphatic heterocycles. The molecule has 1 N–H and O–H groups in total. The number of fused-ring (bicyclic) bond motifs is 1. The van der Waals surface area contributed by atoms with E-state index in [9.17, 15) is 14.9 Å². The number of amides is 1. The summed E-state index contributed by atoms with van der Waals surface area (Å²) in [6, 6.07) is 12.7. The molecule has 3 aromatic rings. The van der Waals surface area contributed by atoms with Gasteiger partial charge in [0.25, 0.3) is 11.6 Å². The molecule has 1 aliphatic rings. The summed E-state index contributed by atoms with van der Waals surface area (Å²) in [5, 5.41) is 11.9. The number of aryl methyl sites for hydroxylation is 2. The standard InChI is InChI=1S/C21H22N4O3/c1-14-11-15(2)18-13-20(22-19(18)12-14)21(26)24-9-7-23(8-10-24)16-3-5-17(6-4-16)25(27)28/h3-6,11-13,22H,7-10H2,1-2H3. The van der Waals surface area contributed by atoms with Crippen LogP contribution in [0.1, 0.15) is 21.6 Å². The molecule has 7 nitrogen and oxygen atoms in total. The molecule has 0 unspecified atom stereocenters. The van der Waals surface area contributed by atoms with Crippen molar-refractivity contribution in [2.24, 2.45) is 0 Å². The Kier molecular flexibility index (Phi) is 4.50. The van der Waals surface area contributed by atoms with Gasteiger partial charge < -0.3 is 14.8 Å². The summed E-state index contributed by atoms with van der Waals surface area (Å²) in [5.74, 6) is 0.0107. The molecule has 4 rings (SSSR count). The van der Waals surface area contributed by atoms with Gasteiger partial charge in [-0.15, -0.1) is 0 Å². The van der Waals surface area contributed by atoms with E-state index in [1.165, 1.54) is 17.7 Å². The molecule has 28 heavy (non-hydrogen) atoms. The van der Waals surface area contributed by atoms with Crippen LogP contribution in [-0.4, -0.2) is 46.9 Å². The Morgan fingerprint density at radius 3 is 2.36 bits per heavy atom. The fourth-order valence-corrected chi connectivity index (χ4v) is 3.84. The van der Waals surface area contributed by atoms with Gasteiger partial charge in [-0.05, 0) is 49.2 Å². The van der Waals surface area contributed by atoms with E-state index < -0.39 is 4.92 Å². The number of nitro benzene ring substituents is 1. The highest BCUT2D eigenvalue weighted by molar-refractivity contribution is 5.99. The molecule has 2 heterocycles. The maximum Gasteiger partial charge on any atom is 0.270 e. The fourth-order valence-electron chi connectivity index (χ4n) is 3.84. The summed E-state index contributed by atoms with van der Waals surface area (Å²) in [5.41, 5.74) is 4.96. The number of carbonyl (C=O) groups is 1. The first-order valence-corrected chi connectivity index (χ1v) is 9.31. The van der Waals surface area contributed by atoms with Gasteiger partial charge in [0.2, 0.25) is 0 Å². The zero-order valence-electron chi connectivity index (χ0n) is 15.9. The van der Waals surface area contributed by atoms with Crippen molar-refractivity contribution in [3.8, 4) is 0 Å². The van der Waals surface area contributed by atoms with Crippen molar-refractivity contribution >= 4 is 28.2 Å². The van der Waals surface area contributed by atoms with E-state index in [4.69, 9.17) is 0 Å². The van der Waals surface area contributed by atoms with Crippen molar-refractivity contribution in [3.05, 3.63) is 69.4 Å². The monoisotopic (exact) mass is 378 g/mol. The van der Waals surface area contributed by atoms with E-state index in [1.54, 1.807) is 12.1 Å². The number of aromatic nitrogens is 1. The quantitative estimate of drug-likeness (QED) is 0.557. The minimum atomic E-state index is -0.399. The average Bonchev–Trinajstić information content (AvgIpc) is 3.12. The Labute approximate surface area is 162 Å². The van der Waals surface area contributed by atoms with Gasteiger partial charge in [0.1, 0.15) is 5.69 Å². The second-order valence-corrected chi connectivity index (χ2v) is 7.28. The molecule has 1 aromatic heterocycles. The highest BCUT2D eigenvalue weighted by Gasteiger charge is 2.24. The minimum Gasteiger partial charge on any atom is -0.368 e. The lowest BCUT2D eigenvalue weighted by atomic mass is 10.1. The van der Waals surface area contributed by atoms with Gasteiger partial charge in [-0.3, -0.25) is 14.9 Å². The topological polar surface area (TPSA) is 82.5 Å². The number of anilines is 1. The zero-order chi connectivity index (χ0) is 19.8. The van der Waals surface area contributed by atoms with E-state index in [0.717, 1.165) is 22.2 Å². The van der Waals surface area contributed by atoms with Crippen molar-refractivity contribution in [2.75, 3.05) is 31.1 Å². The Morgan fingerprint density at radius 1 is 1.04 bits per heavy atom. The summed E-state index contributed by atoms with van der Waals surface area (Å²) in [6.07, 6.45) is 0. The van der Waals surface area contributed by atoms with Crippen molar-refractivity contribution in [2.45, 2.75) is 13.8 Å². The van der Waals surface area contributed by atoms with Crippen LogP contribution in [0, 0.1) is 24.0 Å². The highest BCUT2D eigenvalue weighted by atomic mass is 16.6. The van der Waals surface area contributed by atoms with Crippen LogP contribution in [0.25, 0.3) is 10.9 Å². The Bertz CT molecular complexity index is 1050. The molecule has 1 fully saturated rings. The van der Waals surface area contributed by atoms with Crippen LogP contribution >= 0.6 is 0 Å². The lowest BCUT2D eigenvalue weighted by Gasteiger charge is -2.35. The molecule has 0 atom stereocenters. The average molecular weight is 378 g/mol.